The Morgan fingerprint density at radius 2 is 1.76 bits per heavy atom. The molecule has 2 fully saturated rings. The number of benzene rings is 1. The summed E-state index contributed by atoms with van der Waals surface area (Å²) < 4.78 is 26.3. The van der Waals surface area contributed by atoms with Crippen LogP contribution >= 0.6 is 0 Å². The Hall–Kier alpha value is -1.40. The van der Waals surface area contributed by atoms with Crippen LogP contribution in [0.3, 0.4) is 0 Å². The SMILES string of the molecule is O=C(NCc1ccc(S(=O)(=O)N2CCCC2)cc1)C1CC1. The third kappa shape index (κ3) is 3.27. The number of carbonyl (C=O) groups excluding carboxylic acids is 1. The van der Waals surface area contributed by atoms with Crippen LogP contribution in [-0.4, -0.2) is 31.7 Å². The molecule has 1 heterocycles. The van der Waals surface area contributed by atoms with Gasteiger partial charge in [-0.15, -0.1) is 0 Å². The molecule has 1 aliphatic heterocycles. The van der Waals surface area contributed by atoms with Gasteiger partial charge in [-0.3, -0.25) is 4.79 Å². The van der Waals surface area contributed by atoms with Gasteiger partial charge in [-0.2, -0.15) is 4.31 Å². The van der Waals surface area contributed by atoms with Crippen LogP contribution in [0.4, 0.5) is 0 Å². The molecule has 0 unspecified atom stereocenters. The van der Waals surface area contributed by atoms with Crippen molar-refractivity contribution < 1.29 is 13.2 Å². The molecular weight excluding hydrogens is 288 g/mol. The lowest BCUT2D eigenvalue weighted by molar-refractivity contribution is -0.122. The smallest absolute Gasteiger partial charge is 0.243 e. The van der Waals surface area contributed by atoms with Crippen molar-refractivity contribution in [3.63, 3.8) is 0 Å². The summed E-state index contributed by atoms with van der Waals surface area (Å²) in [7, 11) is -3.34. The first-order valence-electron chi connectivity index (χ1n) is 7.44. The monoisotopic (exact) mass is 308 g/mol. The van der Waals surface area contributed by atoms with Crippen molar-refractivity contribution in [2.75, 3.05) is 13.1 Å². The highest BCUT2D eigenvalue weighted by molar-refractivity contribution is 7.89. The maximum absolute atomic E-state index is 12.4. The molecule has 3 rings (SSSR count). The average molecular weight is 308 g/mol. The van der Waals surface area contributed by atoms with Crippen molar-refractivity contribution >= 4 is 15.9 Å². The van der Waals surface area contributed by atoms with Gasteiger partial charge in [0.15, 0.2) is 0 Å². The highest BCUT2D eigenvalue weighted by Crippen LogP contribution is 2.28. The van der Waals surface area contributed by atoms with Gasteiger partial charge in [0.1, 0.15) is 0 Å². The quantitative estimate of drug-likeness (QED) is 0.896. The van der Waals surface area contributed by atoms with Gasteiger partial charge in [0.2, 0.25) is 15.9 Å². The third-order valence-corrected chi connectivity index (χ3v) is 5.95. The van der Waals surface area contributed by atoms with Crippen LogP contribution in [0.2, 0.25) is 0 Å². The molecular formula is C15H20N2O3S. The Morgan fingerprint density at radius 3 is 2.33 bits per heavy atom. The van der Waals surface area contributed by atoms with E-state index in [0.29, 0.717) is 24.5 Å². The van der Waals surface area contributed by atoms with Gasteiger partial charge in [0.05, 0.1) is 4.90 Å². The minimum Gasteiger partial charge on any atom is -0.352 e. The second-order valence-electron chi connectivity index (χ2n) is 5.75. The fourth-order valence-electron chi connectivity index (χ4n) is 2.54. The van der Waals surface area contributed by atoms with Crippen LogP contribution < -0.4 is 5.32 Å². The number of amides is 1. The summed E-state index contributed by atoms with van der Waals surface area (Å²) in [6, 6.07) is 6.81. The zero-order valence-electron chi connectivity index (χ0n) is 11.9. The topological polar surface area (TPSA) is 66.5 Å². The maximum atomic E-state index is 12.4. The number of sulfonamides is 1. The molecule has 1 saturated carbocycles. The van der Waals surface area contributed by atoms with E-state index in [0.717, 1.165) is 31.2 Å². The lowest BCUT2D eigenvalue weighted by Gasteiger charge is -2.15. The molecule has 0 aromatic heterocycles. The molecule has 5 nitrogen and oxygen atoms in total. The van der Waals surface area contributed by atoms with Crippen LogP contribution in [0, 0.1) is 5.92 Å². The van der Waals surface area contributed by atoms with Gasteiger partial charge in [0.25, 0.3) is 0 Å². The fourth-order valence-corrected chi connectivity index (χ4v) is 4.05. The number of carbonyl (C=O) groups is 1. The Morgan fingerprint density at radius 1 is 1.14 bits per heavy atom. The number of hydrogen-bond donors (Lipinski definition) is 1. The number of rotatable bonds is 5. The van der Waals surface area contributed by atoms with Crippen molar-refractivity contribution in [3.05, 3.63) is 29.8 Å². The molecule has 2 aliphatic rings. The Bertz CT molecular complexity index is 615. The summed E-state index contributed by atoms with van der Waals surface area (Å²) in [4.78, 5) is 11.9. The first-order valence-corrected chi connectivity index (χ1v) is 8.88. The van der Waals surface area contributed by atoms with Gasteiger partial charge in [-0.1, -0.05) is 12.1 Å². The van der Waals surface area contributed by atoms with E-state index in [2.05, 4.69) is 5.32 Å². The van der Waals surface area contributed by atoms with Gasteiger partial charge in [-0.25, -0.2) is 8.42 Å². The second-order valence-corrected chi connectivity index (χ2v) is 7.69. The molecule has 1 aromatic rings. The summed E-state index contributed by atoms with van der Waals surface area (Å²) in [5.41, 5.74) is 0.921. The van der Waals surface area contributed by atoms with Crippen LogP contribution in [-0.2, 0) is 21.4 Å². The molecule has 1 aliphatic carbocycles. The maximum Gasteiger partial charge on any atom is 0.243 e. The van der Waals surface area contributed by atoms with Gasteiger partial charge >= 0.3 is 0 Å². The normalized spacial score (nSPS) is 19.6. The first-order chi connectivity index (χ1) is 10.1. The fraction of sp³-hybridized carbons (Fsp3) is 0.533. The number of hydrogen-bond acceptors (Lipinski definition) is 3. The second kappa shape index (κ2) is 5.77. The minimum atomic E-state index is -3.34. The molecule has 114 valence electrons. The van der Waals surface area contributed by atoms with Gasteiger partial charge in [-0.05, 0) is 43.4 Å². The molecule has 1 aromatic carbocycles. The molecule has 1 amide bonds. The average Bonchev–Trinajstić information content (AvgIpc) is 3.19. The van der Waals surface area contributed by atoms with Crippen molar-refractivity contribution in [3.8, 4) is 0 Å². The Labute approximate surface area is 125 Å². The Balaban J connectivity index is 1.64. The molecule has 1 saturated heterocycles. The van der Waals surface area contributed by atoms with Crippen LogP contribution in [0.1, 0.15) is 31.2 Å². The van der Waals surface area contributed by atoms with Crippen molar-refractivity contribution in [2.24, 2.45) is 5.92 Å². The van der Waals surface area contributed by atoms with E-state index in [-0.39, 0.29) is 11.8 Å². The standard InChI is InChI=1S/C15H20N2O3S/c18-15(13-5-6-13)16-11-12-3-7-14(8-4-12)21(19,20)17-9-1-2-10-17/h3-4,7-8,13H,1-2,5-6,9-11H2,(H,16,18). The van der Waals surface area contributed by atoms with E-state index in [1.54, 1.807) is 24.3 Å². The predicted molar refractivity (Wildman–Crippen MR) is 79.0 cm³/mol. The van der Waals surface area contributed by atoms with E-state index in [9.17, 15) is 13.2 Å². The van der Waals surface area contributed by atoms with Gasteiger partial charge in [0, 0.05) is 25.6 Å². The lowest BCUT2D eigenvalue weighted by Crippen LogP contribution is -2.28. The summed E-state index contributed by atoms with van der Waals surface area (Å²) in [5, 5.41) is 2.88. The van der Waals surface area contributed by atoms with E-state index >= 15 is 0 Å². The largest absolute Gasteiger partial charge is 0.352 e. The Kier molecular flexibility index (Phi) is 3.99. The summed E-state index contributed by atoms with van der Waals surface area (Å²) in [6.45, 7) is 1.68. The highest BCUT2D eigenvalue weighted by Gasteiger charge is 2.29. The minimum absolute atomic E-state index is 0.101. The predicted octanol–water partition coefficient (Wildman–Crippen LogP) is 1.50. The van der Waals surface area contributed by atoms with E-state index in [1.807, 2.05) is 0 Å². The molecule has 6 heteroatoms. The van der Waals surface area contributed by atoms with E-state index < -0.39 is 10.0 Å². The zero-order valence-corrected chi connectivity index (χ0v) is 12.7. The van der Waals surface area contributed by atoms with Crippen LogP contribution in [0.25, 0.3) is 0 Å². The van der Waals surface area contributed by atoms with Crippen LogP contribution in [0.5, 0.6) is 0 Å². The molecule has 0 radical (unpaired) electrons. The van der Waals surface area contributed by atoms with E-state index in [1.165, 1.54) is 4.31 Å². The van der Waals surface area contributed by atoms with Crippen molar-refractivity contribution in [2.45, 2.75) is 37.1 Å². The molecule has 0 atom stereocenters. The summed E-state index contributed by atoms with van der Waals surface area (Å²) >= 11 is 0. The number of nitrogens with zero attached hydrogens (tertiary/aromatic N) is 1. The summed E-state index contributed by atoms with van der Waals surface area (Å²) in [5.74, 6) is 0.295. The van der Waals surface area contributed by atoms with Crippen molar-refractivity contribution in [1.29, 1.82) is 0 Å². The molecule has 1 N–H and O–H groups in total. The van der Waals surface area contributed by atoms with Gasteiger partial charge < -0.3 is 5.32 Å². The molecule has 0 bridgehead atoms. The summed E-state index contributed by atoms with van der Waals surface area (Å²) in [6.07, 6.45) is 3.84. The third-order valence-electron chi connectivity index (χ3n) is 4.04. The zero-order chi connectivity index (χ0) is 14.9. The lowest BCUT2D eigenvalue weighted by atomic mass is 10.2. The highest BCUT2D eigenvalue weighted by atomic mass is 32.2. The van der Waals surface area contributed by atoms with E-state index in [4.69, 9.17) is 0 Å². The van der Waals surface area contributed by atoms with Crippen molar-refractivity contribution in [1.82, 2.24) is 9.62 Å². The van der Waals surface area contributed by atoms with Crippen LogP contribution in [0.15, 0.2) is 29.2 Å². The molecule has 21 heavy (non-hydrogen) atoms. The molecule has 0 spiro atoms. The first kappa shape index (κ1) is 14.5. The number of nitrogens with one attached hydrogen (secondary N) is 1.